The van der Waals surface area contributed by atoms with Crippen molar-refractivity contribution in [2.24, 2.45) is 5.92 Å². The molecule has 0 radical (unpaired) electrons. The number of likely N-dealkylation sites (tertiary alicyclic amines) is 1. The van der Waals surface area contributed by atoms with Crippen LogP contribution in [-0.2, 0) is 11.3 Å². The zero-order valence-corrected chi connectivity index (χ0v) is 23.5. The molecule has 1 aliphatic rings. The van der Waals surface area contributed by atoms with E-state index in [1.165, 1.54) is 7.11 Å². The summed E-state index contributed by atoms with van der Waals surface area (Å²) in [7, 11) is -4.92. The molecule has 1 atom stereocenters. The van der Waals surface area contributed by atoms with Crippen molar-refractivity contribution in [3.05, 3.63) is 53.7 Å². The third kappa shape index (κ3) is 6.82. The van der Waals surface area contributed by atoms with E-state index in [4.69, 9.17) is 9.47 Å². The summed E-state index contributed by atoms with van der Waals surface area (Å²) in [6.07, 6.45) is 3.19. The second kappa shape index (κ2) is 10.3. The molecule has 1 aliphatic heterocycles. The van der Waals surface area contributed by atoms with Gasteiger partial charge in [-0.3, -0.25) is 14.3 Å². The molecule has 0 spiro atoms. The van der Waals surface area contributed by atoms with Crippen molar-refractivity contribution in [1.29, 1.82) is 0 Å². The smallest absolute Gasteiger partial charge is 0.255 e. The van der Waals surface area contributed by atoms with Crippen LogP contribution >= 0.6 is 17.9 Å². The Hall–Kier alpha value is -2.89. The minimum atomic E-state index is -8.37. The topological polar surface area (TPSA) is 85.7 Å². The first-order valence-corrected chi connectivity index (χ1v) is 15.8. The first-order valence-electron chi connectivity index (χ1n) is 12.2. The van der Waals surface area contributed by atoms with Crippen molar-refractivity contribution in [2.75, 3.05) is 40.5 Å². The lowest BCUT2D eigenvalue weighted by Crippen LogP contribution is -2.39. The highest BCUT2D eigenvalue weighted by molar-refractivity contribution is 8.81. The van der Waals surface area contributed by atoms with E-state index in [-0.39, 0.29) is 17.4 Å². The zero-order chi connectivity index (χ0) is 28.5. The van der Waals surface area contributed by atoms with Crippen LogP contribution in [0, 0.1) is 5.92 Å². The number of nitrogens with zero attached hydrogens (tertiary/aromatic N) is 3. The van der Waals surface area contributed by atoms with Crippen molar-refractivity contribution < 1.29 is 34.6 Å². The summed E-state index contributed by atoms with van der Waals surface area (Å²) >= 11 is 0. The van der Waals surface area contributed by atoms with Gasteiger partial charge in [-0.05, 0) is 55.2 Å². The molecule has 2 amide bonds. The van der Waals surface area contributed by atoms with E-state index in [9.17, 15) is 25.1 Å². The second-order valence-corrected chi connectivity index (χ2v) is 15.2. The Labute approximate surface area is 225 Å². The molecule has 0 bridgehead atoms. The SMILES string of the molecule is COCCNC(=O)c1ccc2nn(CC3CCN(C(=O)c4ccc(S(F)(F)(F)(F)P)cc4)CC3)cc2c1OC. The van der Waals surface area contributed by atoms with E-state index in [2.05, 4.69) is 10.4 Å². The summed E-state index contributed by atoms with van der Waals surface area (Å²) < 4.78 is 66.6. The Bertz CT molecular complexity index is 1380. The number of benzene rings is 2. The number of aromatic nitrogens is 2. The monoisotopic (exact) mass is 590 g/mol. The van der Waals surface area contributed by atoms with Gasteiger partial charge >= 0.3 is 0 Å². The van der Waals surface area contributed by atoms with Gasteiger partial charge in [-0.15, -0.1) is 15.5 Å². The predicted molar refractivity (Wildman–Crippen MR) is 146 cm³/mol. The van der Waals surface area contributed by atoms with Crippen LogP contribution in [0.25, 0.3) is 10.9 Å². The van der Waals surface area contributed by atoms with Gasteiger partial charge in [-0.25, -0.2) is 0 Å². The summed E-state index contributed by atoms with van der Waals surface area (Å²) in [6.45, 7) is 2.22. The highest BCUT2D eigenvalue weighted by atomic mass is 32.9. The zero-order valence-electron chi connectivity index (χ0n) is 21.5. The third-order valence-electron chi connectivity index (χ3n) is 6.67. The number of hydrogen-bond donors (Lipinski definition) is 1. The maximum absolute atomic E-state index is 13.6. The van der Waals surface area contributed by atoms with Crippen molar-refractivity contribution in [2.45, 2.75) is 24.3 Å². The van der Waals surface area contributed by atoms with Crippen LogP contribution in [0.1, 0.15) is 33.6 Å². The molecule has 1 unspecified atom stereocenters. The molecular weight excluding hydrogens is 559 g/mol. The summed E-state index contributed by atoms with van der Waals surface area (Å²) in [5, 5.41) is 8.10. The molecule has 1 saturated heterocycles. The number of amides is 2. The van der Waals surface area contributed by atoms with Crippen LogP contribution in [0.4, 0.5) is 15.5 Å². The molecule has 1 N–H and O–H groups in total. The number of piperidine rings is 1. The van der Waals surface area contributed by atoms with E-state index in [1.807, 2.05) is 6.20 Å². The number of carbonyl (C=O) groups is 2. The van der Waals surface area contributed by atoms with E-state index in [1.54, 1.807) is 28.8 Å². The third-order valence-corrected chi connectivity index (χ3v) is 8.74. The minimum absolute atomic E-state index is 0.0801. The first kappa shape index (κ1) is 29.1. The van der Waals surface area contributed by atoms with Gasteiger partial charge in [0.2, 0.25) is 0 Å². The number of carbonyl (C=O) groups excluding carboxylic acids is 2. The van der Waals surface area contributed by atoms with E-state index >= 15 is 0 Å². The lowest BCUT2D eigenvalue weighted by molar-refractivity contribution is 0.0681. The van der Waals surface area contributed by atoms with Crippen LogP contribution in [0.15, 0.2) is 47.5 Å². The van der Waals surface area contributed by atoms with E-state index in [0.717, 1.165) is 12.1 Å². The Kier molecular flexibility index (Phi) is 7.65. The minimum Gasteiger partial charge on any atom is -0.495 e. The van der Waals surface area contributed by atoms with Crippen molar-refractivity contribution >= 4 is 40.6 Å². The fourth-order valence-electron chi connectivity index (χ4n) is 4.62. The molecule has 8 nitrogen and oxygen atoms in total. The van der Waals surface area contributed by atoms with Crippen LogP contribution < -0.4 is 10.1 Å². The number of nitrogens with one attached hydrogen (secondary N) is 1. The lowest BCUT2D eigenvalue weighted by atomic mass is 9.96. The molecule has 3 aromatic rings. The number of rotatable bonds is 9. The van der Waals surface area contributed by atoms with Gasteiger partial charge in [-0.1, -0.05) is 0 Å². The molecule has 14 heteroatoms. The van der Waals surface area contributed by atoms with Crippen LogP contribution in [0.3, 0.4) is 0 Å². The second-order valence-electron chi connectivity index (χ2n) is 9.57. The molecule has 214 valence electrons. The summed E-state index contributed by atoms with van der Waals surface area (Å²) in [5.74, 6) is -0.0213. The fraction of sp³-hybridized carbons (Fsp3) is 0.400. The van der Waals surface area contributed by atoms with Crippen LogP contribution in [0.5, 0.6) is 5.75 Å². The highest BCUT2D eigenvalue weighted by Gasteiger charge is 2.59. The summed E-state index contributed by atoms with van der Waals surface area (Å²) in [4.78, 5) is 25.6. The number of ether oxygens (including phenoxy) is 2. The number of methoxy groups -OCH3 is 2. The van der Waals surface area contributed by atoms with E-state index in [0.29, 0.717) is 88.4 Å². The number of halogens is 4. The van der Waals surface area contributed by atoms with E-state index < -0.39 is 20.3 Å². The van der Waals surface area contributed by atoms with Crippen LogP contribution in [-0.4, -0.2) is 67.0 Å². The van der Waals surface area contributed by atoms with Gasteiger partial charge in [0.05, 0.1) is 35.1 Å². The largest absolute Gasteiger partial charge is 0.495 e. The van der Waals surface area contributed by atoms with Crippen molar-refractivity contribution in [1.82, 2.24) is 20.0 Å². The summed E-state index contributed by atoms with van der Waals surface area (Å²) in [5.41, 5.74) is 1.16. The van der Waals surface area contributed by atoms with Crippen LogP contribution in [0.2, 0.25) is 0 Å². The highest BCUT2D eigenvalue weighted by Crippen LogP contribution is 3.05. The molecule has 0 saturated carbocycles. The molecule has 39 heavy (non-hydrogen) atoms. The van der Waals surface area contributed by atoms with Gasteiger partial charge in [0.25, 0.3) is 11.8 Å². The molecular formula is C25H31F4N4O4PS. The molecule has 0 aliphatic carbocycles. The molecule has 1 fully saturated rings. The first-order chi connectivity index (χ1) is 18.2. The molecule has 2 aromatic carbocycles. The fourth-order valence-corrected chi connectivity index (χ4v) is 5.80. The predicted octanol–water partition coefficient (Wildman–Crippen LogP) is 5.54. The Balaban J connectivity index is 1.39. The quantitative estimate of drug-likeness (QED) is 0.201. The standard InChI is InChI=1S/C25H31F4N4O4PS/c1-36-14-11-30-24(34)20-7-8-22-21(23(20)37-2)16-33(31-22)15-17-9-12-32(13-10-17)25(35)18-3-5-19(6-4-18)39(26,27,28,29)38/h3-8,16-17H,9-15,38H2,1-2H3,(H,30,34). The van der Waals surface area contributed by atoms with Gasteiger partial charge in [0.1, 0.15) is 5.75 Å². The average molecular weight is 591 g/mol. The maximum Gasteiger partial charge on any atom is 0.255 e. The maximum atomic E-state index is 13.6. The Morgan fingerprint density at radius 3 is 2.33 bits per heavy atom. The average Bonchev–Trinajstić information content (AvgIpc) is 3.29. The van der Waals surface area contributed by atoms with Gasteiger partial charge in [-0.2, -0.15) is 5.10 Å². The number of fused-ring (bicyclic) bond motifs is 1. The molecule has 4 rings (SSSR count). The lowest BCUT2D eigenvalue weighted by Gasteiger charge is -2.45. The molecule has 2 heterocycles. The summed E-state index contributed by atoms with van der Waals surface area (Å²) in [6, 6.07) is 6.68. The van der Waals surface area contributed by atoms with Gasteiger partial charge in [0.15, 0.2) is 9.46 Å². The number of hydrogen-bond acceptors (Lipinski definition) is 5. The van der Waals surface area contributed by atoms with Gasteiger partial charge in [0, 0.05) is 53.5 Å². The Morgan fingerprint density at radius 1 is 1.08 bits per heavy atom. The van der Waals surface area contributed by atoms with Crippen molar-refractivity contribution in [3.63, 3.8) is 0 Å². The Morgan fingerprint density at radius 2 is 1.74 bits per heavy atom. The van der Waals surface area contributed by atoms with Crippen molar-refractivity contribution in [3.8, 4) is 5.75 Å². The normalized spacial score (nSPS) is 16.5. The molecule has 1 aromatic heterocycles. The van der Waals surface area contributed by atoms with Gasteiger partial charge < -0.3 is 19.7 Å².